The molecule has 1 saturated heterocycles. The van der Waals surface area contributed by atoms with Crippen molar-refractivity contribution in [1.82, 2.24) is 4.90 Å². The van der Waals surface area contributed by atoms with Crippen molar-refractivity contribution in [3.05, 3.63) is 11.5 Å². The molecule has 138 valence electrons. The van der Waals surface area contributed by atoms with E-state index in [0.29, 0.717) is 12.8 Å². The molecule has 0 aromatic carbocycles. The number of rotatable bonds is 1. The zero-order valence-corrected chi connectivity index (χ0v) is 16.3. The normalized spacial score (nSPS) is 26.7. The highest BCUT2D eigenvalue weighted by molar-refractivity contribution is 6.56. The fourth-order valence-electron chi connectivity index (χ4n) is 3.53. The third-order valence-electron chi connectivity index (χ3n) is 5.73. The van der Waals surface area contributed by atoms with Crippen molar-refractivity contribution in [2.75, 3.05) is 0 Å². The minimum atomic E-state index is -0.666. The quantitative estimate of drug-likeness (QED) is 0.680. The maximum Gasteiger partial charge on any atom is 0.493 e. The molecule has 7 heteroatoms. The molecule has 0 aromatic rings. The molecule has 0 N–H and O–H groups in total. The number of ether oxygens (including phenoxy) is 1. The highest BCUT2D eigenvalue weighted by Gasteiger charge is 2.63. The average Bonchev–Trinajstić information content (AvgIpc) is 2.78. The van der Waals surface area contributed by atoms with Gasteiger partial charge >= 0.3 is 13.2 Å². The molecule has 0 bridgehead atoms. The van der Waals surface area contributed by atoms with E-state index in [1.165, 1.54) is 11.0 Å². The summed E-state index contributed by atoms with van der Waals surface area (Å²) in [5, 5.41) is 0. The average molecular weight is 349 g/mol. The fraction of sp³-hybridized carbons (Fsp3) is 0.778. The van der Waals surface area contributed by atoms with Crippen LogP contribution in [-0.2, 0) is 18.8 Å². The second kappa shape index (κ2) is 5.33. The van der Waals surface area contributed by atoms with Crippen LogP contribution in [0.3, 0.4) is 0 Å². The van der Waals surface area contributed by atoms with Crippen LogP contribution in [-0.4, -0.2) is 46.4 Å². The lowest BCUT2D eigenvalue weighted by Gasteiger charge is -2.46. The number of imide groups is 1. The second-order valence-corrected chi connectivity index (χ2v) is 9.23. The molecule has 2 heterocycles. The Balaban J connectivity index is 1.89. The summed E-state index contributed by atoms with van der Waals surface area (Å²) in [4.78, 5) is 26.6. The number of amides is 2. The lowest BCUT2D eigenvalue weighted by atomic mass is 9.59. The van der Waals surface area contributed by atoms with E-state index < -0.39 is 35.6 Å². The molecule has 1 aliphatic carbocycles. The first kappa shape index (κ1) is 18.5. The van der Waals surface area contributed by atoms with Crippen LogP contribution in [0.15, 0.2) is 11.5 Å². The molecule has 2 fully saturated rings. The Bertz CT molecular complexity index is 626. The van der Waals surface area contributed by atoms with Crippen LogP contribution in [0.5, 0.6) is 0 Å². The van der Waals surface area contributed by atoms with Crippen molar-refractivity contribution in [2.24, 2.45) is 0 Å². The van der Waals surface area contributed by atoms with Crippen LogP contribution in [0.2, 0.25) is 0 Å². The first-order chi connectivity index (χ1) is 11.3. The fourth-order valence-corrected chi connectivity index (χ4v) is 3.53. The van der Waals surface area contributed by atoms with Crippen molar-refractivity contribution in [2.45, 2.75) is 90.1 Å². The first-order valence-corrected chi connectivity index (χ1v) is 8.94. The second-order valence-electron chi connectivity index (χ2n) is 9.23. The van der Waals surface area contributed by atoms with Gasteiger partial charge < -0.3 is 14.0 Å². The van der Waals surface area contributed by atoms with E-state index in [1.54, 1.807) is 20.8 Å². The summed E-state index contributed by atoms with van der Waals surface area (Å²) in [6.07, 6.45) is 3.29. The summed E-state index contributed by atoms with van der Waals surface area (Å²) in [7, 11) is -0.623. The van der Waals surface area contributed by atoms with Crippen molar-refractivity contribution < 1.29 is 23.6 Å². The van der Waals surface area contributed by atoms with Gasteiger partial charge in [0.25, 0.3) is 5.91 Å². The predicted molar refractivity (Wildman–Crippen MR) is 93.8 cm³/mol. The zero-order valence-electron chi connectivity index (χ0n) is 16.3. The SMILES string of the molecule is CC(C)(C)OC(=O)N1C(=O)C=C(B2OC(C)(C)C(C)(C)O2)C12CCC2. The lowest BCUT2D eigenvalue weighted by Crippen LogP contribution is -2.58. The first-order valence-electron chi connectivity index (χ1n) is 8.94. The molecule has 1 saturated carbocycles. The van der Waals surface area contributed by atoms with E-state index in [4.69, 9.17) is 14.0 Å². The summed E-state index contributed by atoms with van der Waals surface area (Å²) < 4.78 is 17.7. The van der Waals surface area contributed by atoms with E-state index in [2.05, 4.69) is 0 Å². The van der Waals surface area contributed by atoms with E-state index in [9.17, 15) is 9.59 Å². The minimum absolute atomic E-state index is 0.348. The van der Waals surface area contributed by atoms with Gasteiger partial charge in [0.1, 0.15) is 5.60 Å². The van der Waals surface area contributed by atoms with Crippen LogP contribution < -0.4 is 0 Å². The Morgan fingerprint density at radius 2 is 1.68 bits per heavy atom. The summed E-state index contributed by atoms with van der Waals surface area (Å²) >= 11 is 0. The monoisotopic (exact) mass is 349 g/mol. The molecule has 6 nitrogen and oxygen atoms in total. The molecular formula is C18H28BNO5. The molecule has 2 aliphatic heterocycles. The van der Waals surface area contributed by atoms with Crippen LogP contribution in [0, 0.1) is 0 Å². The summed E-state index contributed by atoms with van der Waals surface area (Å²) in [6, 6.07) is 0. The van der Waals surface area contributed by atoms with Gasteiger partial charge in [-0.15, -0.1) is 0 Å². The van der Waals surface area contributed by atoms with Crippen LogP contribution in [0.1, 0.15) is 67.7 Å². The van der Waals surface area contributed by atoms with Crippen molar-refractivity contribution in [3.8, 4) is 0 Å². The molecule has 1 spiro atoms. The standard InChI is InChI=1S/C18H28BNO5/c1-15(2,3)23-14(22)20-13(21)11-12(18(20)9-8-10-18)19-24-16(4,5)17(6,7)25-19/h11H,8-10H2,1-7H3. The molecule has 25 heavy (non-hydrogen) atoms. The van der Waals surface area contributed by atoms with Gasteiger partial charge in [0.2, 0.25) is 0 Å². The van der Waals surface area contributed by atoms with E-state index >= 15 is 0 Å². The number of nitrogens with zero attached hydrogens (tertiary/aromatic N) is 1. The van der Waals surface area contributed by atoms with E-state index in [1.807, 2.05) is 27.7 Å². The Hall–Kier alpha value is -1.34. The van der Waals surface area contributed by atoms with Gasteiger partial charge in [-0.25, -0.2) is 9.69 Å². The largest absolute Gasteiger partial charge is 0.493 e. The molecule has 0 radical (unpaired) electrons. The number of carbonyl (C=O) groups is 2. The zero-order chi connectivity index (χ0) is 18.8. The summed E-state index contributed by atoms with van der Waals surface area (Å²) in [5.41, 5.74) is -1.57. The molecular weight excluding hydrogens is 321 g/mol. The Morgan fingerprint density at radius 1 is 1.16 bits per heavy atom. The maximum absolute atomic E-state index is 12.7. The van der Waals surface area contributed by atoms with Crippen molar-refractivity contribution >= 4 is 19.1 Å². The molecule has 0 atom stereocenters. The van der Waals surface area contributed by atoms with Crippen molar-refractivity contribution in [3.63, 3.8) is 0 Å². The van der Waals surface area contributed by atoms with Crippen molar-refractivity contribution in [1.29, 1.82) is 0 Å². The van der Waals surface area contributed by atoms with Gasteiger partial charge in [0.05, 0.1) is 16.7 Å². The van der Waals surface area contributed by atoms with Gasteiger partial charge in [-0.3, -0.25) is 4.79 Å². The Morgan fingerprint density at radius 3 is 2.08 bits per heavy atom. The topological polar surface area (TPSA) is 65.1 Å². The highest BCUT2D eigenvalue weighted by atomic mass is 16.7. The van der Waals surface area contributed by atoms with Gasteiger partial charge in [0.15, 0.2) is 0 Å². The van der Waals surface area contributed by atoms with Crippen LogP contribution >= 0.6 is 0 Å². The summed E-state index contributed by atoms with van der Waals surface area (Å²) in [5.74, 6) is -0.348. The molecule has 3 rings (SSSR count). The third-order valence-corrected chi connectivity index (χ3v) is 5.73. The molecule has 3 aliphatic rings. The number of carbonyl (C=O) groups excluding carboxylic acids is 2. The Kier molecular flexibility index (Phi) is 3.94. The predicted octanol–water partition coefficient (Wildman–Crippen LogP) is 3.24. The molecule has 0 aromatic heterocycles. The Labute approximate surface area is 150 Å². The smallest absolute Gasteiger partial charge is 0.443 e. The van der Waals surface area contributed by atoms with Gasteiger partial charge in [0, 0.05) is 6.08 Å². The van der Waals surface area contributed by atoms with Gasteiger partial charge in [-0.2, -0.15) is 0 Å². The number of hydrogen-bond donors (Lipinski definition) is 0. The van der Waals surface area contributed by atoms with Crippen LogP contribution in [0.25, 0.3) is 0 Å². The minimum Gasteiger partial charge on any atom is -0.443 e. The lowest BCUT2D eigenvalue weighted by molar-refractivity contribution is -0.129. The third kappa shape index (κ3) is 2.81. The highest BCUT2D eigenvalue weighted by Crippen LogP contribution is 2.51. The maximum atomic E-state index is 12.7. The van der Waals surface area contributed by atoms with Gasteiger partial charge in [-0.1, -0.05) is 0 Å². The summed E-state index contributed by atoms with van der Waals surface area (Å²) in [6.45, 7) is 13.3. The van der Waals surface area contributed by atoms with Gasteiger partial charge in [-0.05, 0) is 73.2 Å². The molecule has 0 unspecified atom stereocenters. The number of hydrogen-bond acceptors (Lipinski definition) is 5. The van der Waals surface area contributed by atoms with E-state index in [-0.39, 0.29) is 5.91 Å². The van der Waals surface area contributed by atoms with E-state index in [0.717, 1.165) is 11.9 Å². The molecule has 2 amide bonds. The van der Waals surface area contributed by atoms with Crippen LogP contribution in [0.4, 0.5) is 4.79 Å².